The summed E-state index contributed by atoms with van der Waals surface area (Å²) in [6, 6.07) is 1.48. The van der Waals surface area contributed by atoms with Crippen LogP contribution in [0.4, 0.5) is 0 Å². The fourth-order valence-corrected chi connectivity index (χ4v) is 2.58. The van der Waals surface area contributed by atoms with Crippen LogP contribution >= 0.6 is 0 Å². The van der Waals surface area contributed by atoms with Gasteiger partial charge in [0.15, 0.2) is 5.82 Å². The van der Waals surface area contributed by atoms with E-state index in [4.69, 9.17) is 9.05 Å². The third-order valence-electron chi connectivity index (χ3n) is 3.69. The van der Waals surface area contributed by atoms with E-state index in [-0.39, 0.29) is 17.7 Å². The average molecular weight is 290 g/mol. The van der Waals surface area contributed by atoms with E-state index in [1.54, 1.807) is 17.9 Å². The SMILES string of the molecule is CCc1noc([C@@H]2CCCCN2C(=O)c2cc(C)no2)n1. The first-order chi connectivity index (χ1) is 10.2. The highest BCUT2D eigenvalue weighted by Gasteiger charge is 2.34. The van der Waals surface area contributed by atoms with E-state index in [0.717, 1.165) is 19.3 Å². The quantitative estimate of drug-likeness (QED) is 0.862. The van der Waals surface area contributed by atoms with Gasteiger partial charge in [0.05, 0.1) is 5.69 Å². The number of aryl methyl sites for hydroxylation is 2. The molecule has 7 heteroatoms. The summed E-state index contributed by atoms with van der Waals surface area (Å²) in [6.07, 6.45) is 3.54. The van der Waals surface area contributed by atoms with Crippen molar-refractivity contribution in [2.24, 2.45) is 0 Å². The maximum absolute atomic E-state index is 12.6. The second-order valence-corrected chi connectivity index (χ2v) is 5.25. The van der Waals surface area contributed by atoms with Crippen LogP contribution in [0.5, 0.6) is 0 Å². The van der Waals surface area contributed by atoms with E-state index in [1.165, 1.54) is 0 Å². The molecule has 7 nitrogen and oxygen atoms in total. The minimum Gasteiger partial charge on any atom is -0.351 e. The van der Waals surface area contributed by atoms with Crippen molar-refractivity contribution in [3.63, 3.8) is 0 Å². The molecule has 0 aliphatic carbocycles. The number of piperidine rings is 1. The molecule has 3 rings (SSSR count). The van der Waals surface area contributed by atoms with Crippen LogP contribution in [-0.2, 0) is 6.42 Å². The van der Waals surface area contributed by atoms with Crippen molar-refractivity contribution in [3.8, 4) is 0 Å². The van der Waals surface area contributed by atoms with Crippen molar-refractivity contribution in [1.29, 1.82) is 0 Å². The Morgan fingerprint density at radius 1 is 1.38 bits per heavy atom. The van der Waals surface area contributed by atoms with Gasteiger partial charge in [-0.2, -0.15) is 4.98 Å². The van der Waals surface area contributed by atoms with Gasteiger partial charge in [-0.05, 0) is 26.2 Å². The number of hydrogen-bond donors (Lipinski definition) is 0. The van der Waals surface area contributed by atoms with Gasteiger partial charge in [0.2, 0.25) is 11.7 Å². The summed E-state index contributed by atoms with van der Waals surface area (Å²) < 4.78 is 10.4. The van der Waals surface area contributed by atoms with E-state index in [9.17, 15) is 4.79 Å². The molecule has 1 saturated heterocycles. The predicted molar refractivity (Wildman–Crippen MR) is 72.5 cm³/mol. The normalized spacial score (nSPS) is 19.0. The summed E-state index contributed by atoms with van der Waals surface area (Å²) in [6.45, 7) is 4.42. The Balaban J connectivity index is 1.85. The highest BCUT2D eigenvalue weighted by Crippen LogP contribution is 2.31. The highest BCUT2D eigenvalue weighted by atomic mass is 16.5. The van der Waals surface area contributed by atoms with Crippen LogP contribution in [0.3, 0.4) is 0 Å². The molecule has 2 aromatic heterocycles. The second kappa shape index (κ2) is 5.67. The lowest BCUT2D eigenvalue weighted by molar-refractivity contribution is 0.0520. The van der Waals surface area contributed by atoms with Crippen LogP contribution in [0.15, 0.2) is 15.1 Å². The Hall–Kier alpha value is -2.18. The molecule has 0 bridgehead atoms. The smallest absolute Gasteiger partial charge is 0.293 e. The van der Waals surface area contributed by atoms with Crippen LogP contribution in [0.2, 0.25) is 0 Å². The Labute approximate surface area is 122 Å². The van der Waals surface area contributed by atoms with E-state index in [1.807, 2.05) is 6.92 Å². The molecule has 1 aliphatic rings. The number of rotatable bonds is 3. The molecule has 2 aromatic rings. The van der Waals surface area contributed by atoms with Crippen LogP contribution < -0.4 is 0 Å². The molecule has 1 fully saturated rings. The number of carbonyl (C=O) groups excluding carboxylic acids is 1. The zero-order valence-electron chi connectivity index (χ0n) is 12.2. The predicted octanol–water partition coefficient (Wildman–Crippen LogP) is 2.30. The molecule has 21 heavy (non-hydrogen) atoms. The fourth-order valence-electron chi connectivity index (χ4n) is 2.58. The third-order valence-corrected chi connectivity index (χ3v) is 3.69. The standard InChI is InChI=1S/C14H18N4O3/c1-3-12-15-13(21-17-12)10-6-4-5-7-18(10)14(19)11-8-9(2)16-20-11/h8,10H,3-7H2,1-2H3/t10-/m0/s1. The number of likely N-dealkylation sites (tertiary alicyclic amines) is 1. The Morgan fingerprint density at radius 2 is 2.24 bits per heavy atom. The first-order valence-corrected chi connectivity index (χ1v) is 7.25. The molecule has 0 radical (unpaired) electrons. The average Bonchev–Trinajstić information content (AvgIpc) is 3.15. The molecule has 112 valence electrons. The molecule has 3 heterocycles. The van der Waals surface area contributed by atoms with Gasteiger partial charge in [-0.1, -0.05) is 17.2 Å². The summed E-state index contributed by atoms with van der Waals surface area (Å²) in [4.78, 5) is 18.7. The van der Waals surface area contributed by atoms with Crippen molar-refractivity contribution in [3.05, 3.63) is 29.2 Å². The van der Waals surface area contributed by atoms with Crippen molar-refractivity contribution >= 4 is 5.91 Å². The van der Waals surface area contributed by atoms with Crippen LogP contribution in [0, 0.1) is 6.92 Å². The largest absolute Gasteiger partial charge is 0.351 e. The van der Waals surface area contributed by atoms with Crippen molar-refractivity contribution in [2.45, 2.75) is 45.6 Å². The molecule has 0 unspecified atom stereocenters. The summed E-state index contributed by atoms with van der Waals surface area (Å²) in [5.41, 5.74) is 0.693. The number of aromatic nitrogens is 3. The van der Waals surface area contributed by atoms with E-state index in [0.29, 0.717) is 30.4 Å². The van der Waals surface area contributed by atoms with Gasteiger partial charge in [-0.15, -0.1) is 0 Å². The molecule has 0 saturated carbocycles. The molecule has 0 aromatic carbocycles. The molecule has 0 N–H and O–H groups in total. The second-order valence-electron chi connectivity index (χ2n) is 5.25. The summed E-state index contributed by atoms with van der Waals surface area (Å²) in [5.74, 6) is 1.26. The van der Waals surface area contributed by atoms with Crippen molar-refractivity contribution < 1.29 is 13.8 Å². The van der Waals surface area contributed by atoms with E-state index in [2.05, 4.69) is 15.3 Å². The fraction of sp³-hybridized carbons (Fsp3) is 0.571. The lowest BCUT2D eigenvalue weighted by atomic mass is 10.0. The first-order valence-electron chi connectivity index (χ1n) is 7.25. The zero-order chi connectivity index (χ0) is 14.8. The first kappa shape index (κ1) is 13.8. The molecule has 1 aliphatic heterocycles. The van der Waals surface area contributed by atoms with Gasteiger partial charge in [0.1, 0.15) is 6.04 Å². The van der Waals surface area contributed by atoms with Crippen molar-refractivity contribution in [2.75, 3.05) is 6.54 Å². The Kier molecular flexibility index (Phi) is 3.72. The van der Waals surface area contributed by atoms with Gasteiger partial charge in [0, 0.05) is 19.0 Å². The minimum atomic E-state index is -0.176. The van der Waals surface area contributed by atoms with Gasteiger partial charge in [0.25, 0.3) is 5.91 Å². The topological polar surface area (TPSA) is 85.3 Å². The molecular formula is C14H18N4O3. The molecular weight excluding hydrogens is 272 g/mol. The Morgan fingerprint density at radius 3 is 2.90 bits per heavy atom. The lowest BCUT2D eigenvalue weighted by Gasteiger charge is -2.32. The molecule has 1 atom stereocenters. The lowest BCUT2D eigenvalue weighted by Crippen LogP contribution is -2.38. The highest BCUT2D eigenvalue weighted by molar-refractivity contribution is 5.91. The van der Waals surface area contributed by atoms with Gasteiger partial charge < -0.3 is 13.9 Å². The number of nitrogens with zero attached hydrogens (tertiary/aromatic N) is 4. The maximum Gasteiger partial charge on any atom is 0.293 e. The summed E-state index contributed by atoms with van der Waals surface area (Å²) >= 11 is 0. The van der Waals surface area contributed by atoms with E-state index >= 15 is 0 Å². The Bertz CT molecular complexity index is 634. The monoisotopic (exact) mass is 290 g/mol. The van der Waals surface area contributed by atoms with Crippen LogP contribution in [0.25, 0.3) is 0 Å². The molecule has 1 amide bonds. The van der Waals surface area contributed by atoms with Crippen LogP contribution in [0.1, 0.15) is 60.2 Å². The van der Waals surface area contributed by atoms with Crippen molar-refractivity contribution in [1.82, 2.24) is 20.2 Å². The number of carbonyl (C=O) groups is 1. The van der Waals surface area contributed by atoms with Crippen LogP contribution in [-0.4, -0.2) is 32.6 Å². The molecule has 0 spiro atoms. The summed E-state index contributed by atoms with van der Waals surface area (Å²) in [5, 5.41) is 7.69. The number of hydrogen-bond acceptors (Lipinski definition) is 6. The van der Waals surface area contributed by atoms with Gasteiger partial charge in [-0.3, -0.25) is 4.79 Å². The third kappa shape index (κ3) is 2.68. The minimum absolute atomic E-state index is 0.170. The number of amides is 1. The van der Waals surface area contributed by atoms with Gasteiger partial charge >= 0.3 is 0 Å². The van der Waals surface area contributed by atoms with E-state index < -0.39 is 0 Å². The van der Waals surface area contributed by atoms with Gasteiger partial charge in [-0.25, -0.2) is 0 Å². The zero-order valence-corrected chi connectivity index (χ0v) is 12.2. The summed E-state index contributed by atoms with van der Waals surface area (Å²) in [7, 11) is 0. The maximum atomic E-state index is 12.6.